The van der Waals surface area contributed by atoms with Gasteiger partial charge < -0.3 is 24.4 Å². The van der Waals surface area contributed by atoms with Crippen molar-refractivity contribution in [3.05, 3.63) is 24.3 Å². The van der Waals surface area contributed by atoms with Crippen LogP contribution >= 0.6 is 0 Å². The van der Waals surface area contributed by atoms with E-state index in [2.05, 4.69) is 20.1 Å². The van der Waals surface area contributed by atoms with E-state index in [0.29, 0.717) is 17.9 Å². The Labute approximate surface area is 267 Å². The summed E-state index contributed by atoms with van der Waals surface area (Å²) in [6.07, 6.45) is 18.7. The van der Waals surface area contributed by atoms with Crippen molar-refractivity contribution in [2.24, 2.45) is 35.5 Å². The topological polar surface area (TPSA) is 102 Å². The third-order valence-electron chi connectivity index (χ3n) is 11.0. The van der Waals surface area contributed by atoms with Crippen molar-refractivity contribution in [3.8, 4) is 0 Å². The molecule has 3 fully saturated rings. The summed E-state index contributed by atoms with van der Waals surface area (Å²) in [7, 11) is 0. The number of aliphatic hydroxyl groups is 2. The van der Waals surface area contributed by atoms with E-state index in [-0.39, 0.29) is 30.3 Å². The predicted molar refractivity (Wildman–Crippen MR) is 174 cm³/mol. The van der Waals surface area contributed by atoms with Crippen LogP contribution in [0.1, 0.15) is 124 Å². The summed E-state index contributed by atoms with van der Waals surface area (Å²) >= 11 is 0. The molecule has 4 unspecified atom stereocenters. The van der Waals surface area contributed by atoms with Gasteiger partial charge in [0.15, 0.2) is 0 Å². The lowest BCUT2D eigenvalue weighted by molar-refractivity contribution is -0.145. The number of rotatable bonds is 17. The van der Waals surface area contributed by atoms with Crippen LogP contribution in [0.3, 0.4) is 0 Å². The minimum absolute atomic E-state index is 0.00440. The Bertz CT molecular complexity index is 852. The SMILES string of the molecule is C=C(C(=O)OCC(CCC1CCC(C2CCC(C3CCC(CCCCC)CC3)OC2)CC1)COC(=O)C(=C)C(C)O)C(C)O. The molecule has 0 aromatic carbocycles. The van der Waals surface area contributed by atoms with Crippen molar-refractivity contribution in [1.29, 1.82) is 0 Å². The summed E-state index contributed by atoms with van der Waals surface area (Å²) in [6, 6.07) is 0. The first-order chi connectivity index (χ1) is 21.1. The second kappa shape index (κ2) is 19.1. The molecule has 44 heavy (non-hydrogen) atoms. The summed E-state index contributed by atoms with van der Waals surface area (Å²) in [5.74, 6) is 2.30. The fourth-order valence-corrected chi connectivity index (χ4v) is 7.62. The van der Waals surface area contributed by atoms with Crippen LogP contribution in [0.15, 0.2) is 24.3 Å². The molecule has 7 nitrogen and oxygen atoms in total. The minimum Gasteiger partial charge on any atom is -0.462 e. The van der Waals surface area contributed by atoms with E-state index < -0.39 is 24.1 Å². The van der Waals surface area contributed by atoms with Crippen molar-refractivity contribution in [1.82, 2.24) is 0 Å². The Balaban J connectivity index is 1.38. The zero-order valence-electron chi connectivity index (χ0n) is 28.0. The van der Waals surface area contributed by atoms with Crippen LogP contribution in [0.25, 0.3) is 0 Å². The zero-order chi connectivity index (χ0) is 32.1. The minimum atomic E-state index is -0.982. The molecule has 2 N–H and O–H groups in total. The predicted octanol–water partition coefficient (Wildman–Crippen LogP) is 7.33. The fraction of sp³-hybridized carbons (Fsp3) is 0.838. The van der Waals surface area contributed by atoms with Gasteiger partial charge in [0.25, 0.3) is 0 Å². The standard InChI is InChI=1S/C37H62O7/c1-6-7-8-9-29-14-18-33(19-15-29)35-21-20-34(24-42-35)32-16-12-30(13-17-32)10-11-31(22-43-36(40)25(2)27(4)38)23-44-37(41)26(3)28(5)39/h27-35,38-39H,2-3,6-24H2,1,4-5H3. The molecule has 0 aromatic heterocycles. The van der Waals surface area contributed by atoms with Crippen LogP contribution in [-0.4, -0.2) is 60.3 Å². The van der Waals surface area contributed by atoms with E-state index >= 15 is 0 Å². The van der Waals surface area contributed by atoms with Gasteiger partial charge in [-0.25, -0.2) is 9.59 Å². The van der Waals surface area contributed by atoms with Gasteiger partial charge >= 0.3 is 11.9 Å². The molecular formula is C37H62O7. The smallest absolute Gasteiger partial charge is 0.336 e. The number of hydrogen-bond donors (Lipinski definition) is 2. The second-order valence-corrected chi connectivity index (χ2v) is 14.3. The van der Waals surface area contributed by atoms with E-state index in [0.717, 1.165) is 37.2 Å². The summed E-state index contributed by atoms with van der Waals surface area (Å²) in [5, 5.41) is 19.3. The lowest BCUT2D eigenvalue weighted by Gasteiger charge is -2.41. The van der Waals surface area contributed by atoms with Gasteiger partial charge in [-0.1, -0.05) is 71.4 Å². The van der Waals surface area contributed by atoms with Crippen LogP contribution in [0.5, 0.6) is 0 Å². The van der Waals surface area contributed by atoms with Crippen LogP contribution in [0.2, 0.25) is 0 Å². The van der Waals surface area contributed by atoms with E-state index in [1.165, 1.54) is 104 Å². The van der Waals surface area contributed by atoms with Gasteiger partial charge in [0.2, 0.25) is 0 Å². The van der Waals surface area contributed by atoms with E-state index in [4.69, 9.17) is 14.2 Å². The first kappa shape index (κ1) is 36.8. The molecule has 3 aliphatic rings. The maximum atomic E-state index is 12.2. The maximum Gasteiger partial charge on any atom is 0.336 e. The Morgan fingerprint density at radius 1 is 0.727 bits per heavy atom. The van der Waals surface area contributed by atoms with E-state index in [1.807, 2.05) is 0 Å². The van der Waals surface area contributed by atoms with Crippen LogP contribution in [-0.2, 0) is 23.8 Å². The Morgan fingerprint density at radius 2 is 1.23 bits per heavy atom. The number of hydrogen-bond acceptors (Lipinski definition) is 7. The van der Waals surface area contributed by atoms with Gasteiger partial charge in [0.1, 0.15) is 0 Å². The Kier molecular flexibility index (Phi) is 15.9. The summed E-state index contributed by atoms with van der Waals surface area (Å²) in [4.78, 5) is 24.5. The van der Waals surface area contributed by atoms with Gasteiger partial charge in [0.05, 0.1) is 49.3 Å². The first-order valence-corrected chi connectivity index (χ1v) is 17.8. The molecule has 0 bridgehead atoms. The van der Waals surface area contributed by atoms with Crippen molar-refractivity contribution < 1.29 is 34.0 Å². The summed E-state index contributed by atoms with van der Waals surface area (Å²) in [5.41, 5.74) is 0.00879. The molecule has 1 aliphatic heterocycles. The molecule has 1 heterocycles. The third kappa shape index (κ3) is 11.9. The highest BCUT2D eigenvalue weighted by Gasteiger charge is 2.35. The number of ether oxygens (including phenoxy) is 3. The molecule has 3 rings (SSSR count). The lowest BCUT2D eigenvalue weighted by Crippen LogP contribution is -2.37. The van der Waals surface area contributed by atoms with Crippen molar-refractivity contribution in [2.75, 3.05) is 19.8 Å². The molecule has 0 aromatic rings. The van der Waals surface area contributed by atoms with Gasteiger partial charge in [-0.2, -0.15) is 0 Å². The molecule has 0 radical (unpaired) electrons. The molecule has 2 saturated carbocycles. The molecule has 4 atom stereocenters. The van der Waals surface area contributed by atoms with Crippen LogP contribution in [0.4, 0.5) is 0 Å². The normalized spacial score (nSPS) is 29.7. The van der Waals surface area contributed by atoms with Gasteiger partial charge in [-0.05, 0) is 94.8 Å². The van der Waals surface area contributed by atoms with Gasteiger partial charge in [-0.15, -0.1) is 0 Å². The van der Waals surface area contributed by atoms with Gasteiger partial charge in [0, 0.05) is 5.92 Å². The molecule has 2 aliphatic carbocycles. The monoisotopic (exact) mass is 618 g/mol. The van der Waals surface area contributed by atoms with Crippen molar-refractivity contribution in [3.63, 3.8) is 0 Å². The van der Waals surface area contributed by atoms with Crippen molar-refractivity contribution >= 4 is 11.9 Å². The van der Waals surface area contributed by atoms with E-state index in [9.17, 15) is 19.8 Å². The molecule has 252 valence electrons. The largest absolute Gasteiger partial charge is 0.462 e. The highest BCUT2D eigenvalue weighted by Crippen LogP contribution is 2.42. The fourth-order valence-electron chi connectivity index (χ4n) is 7.62. The van der Waals surface area contributed by atoms with Gasteiger partial charge in [-0.3, -0.25) is 0 Å². The Hall–Kier alpha value is -1.70. The average molecular weight is 619 g/mol. The Morgan fingerprint density at radius 3 is 1.70 bits per heavy atom. The molecule has 0 amide bonds. The number of carbonyl (C=O) groups excluding carboxylic acids is 2. The van der Waals surface area contributed by atoms with Crippen LogP contribution < -0.4 is 0 Å². The zero-order valence-corrected chi connectivity index (χ0v) is 28.0. The second-order valence-electron chi connectivity index (χ2n) is 14.3. The molecule has 0 spiro atoms. The summed E-state index contributed by atoms with van der Waals surface area (Å²) < 4.78 is 17.4. The third-order valence-corrected chi connectivity index (χ3v) is 11.0. The molecule has 7 heteroatoms. The highest BCUT2D eigenvalue weighted by molar-refractivity contribution is 5.89. The average Bonchev–Trinajstić information content (AvgIpc) is 3.04. The quantitative estimate of drug-likeness (QED) is 0.1000. The summed E-state index contributed by atoms with van der Waals surface area (Å²) in [6.45, 7) is 13.5. The van der Waals surface area contributed by atoms with Crippen molar-refractivity contribution in [2.45, 2.75) is 142 Å². The lowest BCUT2D eigenvalue weighted by atomic mass is 9.71. The number of unbranched alkanes of at least 4 members (excludes halogenated alkanes) is 2. The number of esters is 2. The van der Waals surface area contributed by atoms with Crippen LogP contribution in [0, 0.1) is 35.5 Å². The van der Waals surface area contributed by atoms with E-state index in [1.54, 1.807) is 0 Å². The maximum absolute atomic E-state index is 12.2. The molecular weight excluding hydrogens is 556 g/mol. The number of aliphatic hydroxyl groups excluding tert-OH is 2. The number of carbonyl (C=O) groups is 2. The highest BCUT2D eigenvalue weighted by atomic mass is 16.5. The molecule has 1 saturated heterocycles. The first-order valence-electron chi connectivity index (χ1n) is 17.8.